The van der Waals surface area contributed by atoms with Crippen molar-refractivity contribution in [1.29, 1.82) is 0 Å². The lowest BCUT2D eigenvalue weighted by atomic mass is 10.2. The molecule has 1 heterocycles. The molecule has 1 aromatic heterocycles. The molecular weight excluding hydrogens is 283 g/mol. The SMILES string of the molecule is O=C(/C=C/c1ccncc1)Nc1ccc(Cl)c(Cl)c1. The van der Waals surface area contributed by atoms with Gasteiger partial charge in [-0.25, -0.2) is 0 Å². The van der Waals surface area contributed by atoms with E-state index in [-0.39, 0.29) is 5.91 Å². The summed E-state index contributed by atoms with van der Waals surface area (Å²) in [4.78, 5) is 15.6. The second-order valence-corrected chi connectivity index (χ2v) is 4.55. The molecule has 0 atom stereocenters. The number of nitrogens with zero attached hydrogens (tertiary/aromatic N) is 1. The Balaban J connectivity index is 2.01. The second-order valence-electron chi connectivity index (χ2n) is 3.73. The van der Waals surface area contributed by atoms with E-state index in [4.69, 9.17) is 23.2 Å². The summed E-state index contributed by atoms with van der Waals surface area (Å²) < 4.78 is 0. The van der Waals surface area contributed by atoms with Gasteiger partial charge in [0.05, 0.1) is 10.0 Å². The van der Waals surface area contributed by atoms with E-state index in [1.165, 1.54) is 6.08 Å². The van der Waals surface area contributed by atoms with Gasteiger partial charge in [-0.3, -0.25) is 9.78 Å². The first-order valence-electron chi connectivity index (χ1n) is 5.49. The Hall–Kier alpha value is -1.84. The number of carbonyl (C=O) groups is 1. The van der Waals surface area contributed by atoms with E-state index in [0.29, 0.717) is 15.7 Å². The summed E-state index contributed by atoms with van der Waals surface area (Å²) in [7, 11) is 0. The lowest BCUT2D eigenvalue weighted by Crippen LogP contribution is -2.07. The van der Waals surface area contributed by atoms with Crippen molar-refractivity contribution < 1.29 is 4.79 Å². The standard InChI is InChI=1S/C14H10Cl2N2O/c15-12-3-2-11(9-13(12)16)18-14(19)4-1-10-5-7-17-8-6-10/h1-9H,(H,18,19)/b4-1+. The van der Waals surface area contributed by atoms with Crippen LogP contribution in [-0.2, 0) is 4.79 Å². The number of halogens is 2. The lowest BCUT2D eigenvalue weighted by molar-refractivity contribution is -0.111. The molecule has 1 N–H and O–H groups in total. The number of amides is 1. The maximum Gasteiger partial charge on any atom is 0.248 e. The van der Waals surface area contributed by atoms with Crippen molar-refractivity contribution in [2.45, 2.75) is 0 Å². The average molecular weight is 293 g/mol. The molecule has 2 aromatic rings. The van der Waals surface area contributed by atoms with Crippen LogP contribution < -0.4 is 5.32 Å². The highest BCUT2D eigenvalue weighted by Crippen LogP contribution is 2.24. The Morgan fingerprint density at radius 3 is 2.53 bits per heavy atom. The summed E-state index contributed by atoms with van der Waals surface area (Å²) in [6, 6.07) is 8.53. The monoisotopic (exact) mass is 292 g/mol. The molecule has 1 aromatic carbocycles. The highest BCUT2D eigenvalue weighted by Gasteiger charge is 2.01. The molecule has 0 aliphatic carbocycles. The number of nitrogens with one attached hydrogen (secondary N) is 1. The highest BCUT2D eigenvalue weighted by atomic mass is 35.5. The van der Waals surface area contributed by atoms with Gasteiger partial charge >= 0.3 is 0 Å². The van der Waals surface area contributed by atoms with Crippen LogP contribution in [0, 0.1) is 0 Å². The Bertz CT molecular complexity index is 612. The van der Waals surface area contributed by atoms with Gasteiger partial charge in [-0.15, -0.1) is 0 Å². The van der Waals surface area contributed by atoms with Crippen molar-refractivity contribution in [3.8, 4) is 0 Å². The van der Waals surface area contributed by atoms with Gasteiger partial charge in [-0.1, -0.05) is 23.2 Å². The van der Waals surface area contributed by atoms with Crippen molar-refractivity contribution in [2.24, 2.45) is 0 Å². The van der Waals surface area contributed by atoms with Crippen LogP contribution in [0.25, 0.3) is 6.08 Å². The Morgan fingerprint density at radius 1 is 1.11 bits per heavy atom. The number of hydrogen-bond donors (Lipinski definition) is 1. The van der Waals surface area contributed by atoms with Crippen molar-refractivity contribution in [3.05, 3.63) is 64.4 Å². The minimum atomic E-state index is -0.241. The first kappa shape index (κ1) is 13.6. The summed E-state index contributed by atoms with van der Waals surface area (Å²) in [5.41, 5.74) is 1.50. The first-order valence-corrected chi connectivity index (χ1v) is 6.25. The van der Waals surface area contributed by atoms with Crippen LogP contribution in [-0.4, -0.2) is 10.9 Å². The van der Waals surface area contributed by atoms with Crippen LogP contribution in [0.3, 0.4) is 0 Å². The fourth-order valence-corrected chi connectivity index (χ4v) is 1.70. The van der Waals surface area contributed by atoms with Crippen LogP contribution in [0.2, 0.25) is 10.0 Å². The maximum absolute atomic E-state index is 11.7. The molecule has 0 saturated heterocycles. The predicted molar refractivity (Wildman–Crippen MR) is 78.4 cm³/mol. The molecule has 3 nitrogen and oxygen atoms in total. The molecule has 5 heteroatoms. The molecule has 2 rings (SSSR count). The molecule has 0 aliphatic heterocycles. The van der Waals surface area contributed by atoms with Gasteiger partial charge in [-0.05, 0) is 42.0 Å². The molecule has 0 saturated carbocycles. The molecule has 1 amide bonds. The molecule has 0 spiro atoms. The van der Waals surface area contributed by atoms with Crippen molar-refractivity contribution in [1.82, 2.24) is 4.98 Å². The Kier molecular flexibility index (Phi) is 4.55. The number of benzene rings is 1. The third-order valence-corrected chi connectivity index (χ3v) is 3.06. The Morgan fingerprint density at radius 2 is 1.84 bits per heavy atom. The largest absolute Gasteiger partial charge is 0.322 e. The van der Waals surface area contributed by atoms with E-state index in [9.17, 15) is 4.79 Å². The van der Waals surface area contributed by atoms with Crippen LogP contribution in [0.1, 0.15) is 5.56 Å². The van der Waals surface area contributed by atoms with Gasteiger partial charge < -0.3 is 5.32 Å². The minimum absolute atomic E-state index is 0.241. The normalized spacial score (nSPS) is 10.6. The molecule has 0 radical (unpaired) electrons. The quantitative estimate of drug-likeness (QED) is 0.868. The van der Waals surface area contributed by atoms with Crippen molar-refractivity contribution in [3.63, 3.8) is 0 Å². The molecule has 96 valence electrons. The highest BCUT2D eigenvalue weighted by molar-refractivity contribution is 6.42. The van der Waals surface area contributed by atoms with Gasteiger partial charge in [0.2, 0.25) is 5.91 Å². The van der Waals surface area contributed by atoms with Gasteiger partial charge in [0.25, 0.3) is 0 Å². The lowest BCUT2D eigenvalue weighted by Gasteiger charge is -2.03. The summed E-state index contributed by atoms with van der Waals surface area (Å²) >= 11 is 11.7. The minimum Gasteiger partial charge on any atom is -0.322 e. The van der Waals surface area contributed by atoms with E-state index in [1.54, 1.807) is 36.7 Å². The van der Waals surface area contributed by atoms with Crippen molar-refractivity contribution in [2.75, 3.05) is 5.32 Å². The molecule has 0 aliphatic rings. The fraction of sp³-hybridized carbons (Fsp3) is 0. The van der Waals surface area contributed by atoms with Crippen LogP contribution in [0.4, 0.5) is 5.69 Å². The molecule has 0 bridgehead atoms. The molecule has 0 fully saturated rings. The zero-order valence-corrected chi connectivity index (χ0v) is 11.3. The van der Waals surface area contributed by atoms with Gasteiger partial charge in [0, 0.05) is 24.2 Å². The van der Waals surface area contributed by atoms with Gasteiger partial charge in [-0.2, -0.15) is 0 Å². The average Bonchev–Trinajstić information content (AvgIpc) is 2.42. The topological polar surface area (TPSA) is 42.0 Å². The Labute approximate surface area is 120 Å². The third kappa shape index (κ3) is 4.09. The van der Waals surface area contributed by atoms with Crippen LogP contribution in [0.5, 0.6) is 0 Å². The number of pyridine rings is 1. The van der Waals surface area contributed by atoms with E-state index in [2.05, 4.69) is 10.3 Å². The molecular formula is C14H10Cl2N2O. The van der Waals surface area contributed by atoms with E-state index in [0.717, 1.165) is 5.56 Å². The van der Waals surface area contributed by atoms with Gasteiger partial charge in [0.1, 0.15) is 0 Å². The summed E-state index contributed by atoms with van der Waals surface area (Å²) in [6.45, 7) is 0. The fourth-order valence-electron chi connectivity index (χ4n) is 1.40. The summed E-state index contributed by atoms with van der Waals surface area (Å²) in [5, 5.41) is 3.55. The van der Waals surface area contributed by atoms with E-state index < -0.39 is 0 Å². The van der Waals surface area contributed by atoms with Crippen LogP contribution in [0.15, 0.2) is 48.8 Å². The molecule has 19 heavy (non-hydrogen) atoms. The number of aromatic nitrogens is 1. The predicted octanol–water partition coefficient (Wildman–Crippen LogP) is 4.04. The zero-order valence-electron chi connectivity index (χ0n) is 9.81. The van der Waals surface area contributed by atoms with Crippen LogP contribution >= 0.6 is 23.2 Å². The number of carbonyl (C=O) groups excluding carboxylic acids is 1. The van der Waals surface area contributed by atoms with E-state index >= 15 is 0 Å². The smallest absolute Gasteiger partial charge is 0.248 e. The van der Waals surface area contributed by atoms with E-state index in [1.807, 2.05) is 12.1 Å². The summed E-state index contributed by atoms with van der Waals surface area (Å²) in [6.07, 6.45) is 6.47. The third-order valence-electron chi connectivity index (χ3n) is 2.32. The summed E-state index contributed by atoms with van der Waals surface area (Å²) in [5.74, 6) is -0.241. The zero-order chi connectivity index (χ0) is 13.7. The van der Waals surface area contributed by atoms with Gasteiger partial charge in [0.15, 0.2) is 0 Å². The second kappa shape index (κ2) is 6.36. The first-order chi connectivity index (χ1) is 9.15. The number of rotatable bonds is 3. The number of anilines is 1. The molecule has 0 unspecified atom stereocenters. The number of hydrogen-bond acceptors (Lipinski definition) is 2. The van der Waals surface area contributed by atoms with Crippen molar-refractivity contribution >= 4 is 40.9 Å². The maximum atomic E-state index is 11.7.